The Hall–Kier alpha value is -5.67. The van der Waals surface area contributed by atoms with Gasteiger partial charge in [0.2, 0.25) is 0 Å². The number of phosphoric ester groups is 1. The molecule has 0 aliphatic rings. The number of rotatable bonds is 62. The van der Waals surface area contributed by atoms with E-state index < -0.39 is 32.5 Å². The second-order valence-electron chi connectivity index (χ2n) is 23.8. The maximum absolute atomic E-state index is 12.9. The van der Waals surface area contributed by atoms with Gasteiger partial charge in [0.1, 0.15) is 19.8 Å². The molecule has 92 heavy (non-hydrogen) atoms. The van der Waals surface area contributed by atoms with Gasteiger partial charge in [-0.05, 0) is 154 Å². The molecule has 0 saturated carbocycles. The third kappa shape index (κ3) is 73.4. The van der Waals surface area contributed by atoms with Gasteiger partial charge >= 0.3 is 19.8 Å². The molecule has 0 bridgehead atoms. The van der Waals surface area contributed by atoms with Crippen LogP contribution in [-0.4, -0.2) is 74.9 Å². The molecule has 0 saturated heterocycles. The van der Waals surface area contributed by atoms with Crippen LogP contribution in [0.3, 0.4) is 0 Å². The van der Waals surface area contributed by atoms with Gasteiger partial charge in [-0.25, -0.2) is 4.57 Å². The maximum atomic E-state index is 12.9. The molecule has 0 aromatic rings. The summed E-state index contributed by atoms with van der Waals surface area (Å²) in [5.74, 6) is -0.861. The number of carbonyl (C=O) groups excluding carboxylic acids is 2. The topological polar surface area (TPSA) is 108 Å². The number of quaternary nitrogens is 1. The average Bonchev–Trinajstić information content (AvgIpc) is 2.34. The summed E-state index contributed by atoms with van der Waals surface area (Å²) >= 11 is 0. The van der Waals surface area contributed by atoms with E-state index >= 15 is 0 Å². The average molecular weight is 1290 g/mol. The van der Waals surface area contributed by atoms with Crippen LogP contribution in [0.25, 0.3) is 0 Å². The smallest absolute Gasteiger partial charge is 0.462 e. The molecule has 0 aromatic heterocycles. The van der Waals surface area contributed by atoms with Gasteiger partial charge in [0.15, 0.2) is 6.10 Å². The predicted molar refractivity (Wildman–Crippen MR) is 398 cm³/mol. The van der Waals surface area contributed by atoms with Crippen molar-refractivity contribution in [3.63, 3.8) is 0 Å². The van der Waals surface area contributed by atoms with Crippen LogP contribution in [0.1, 0.15) is 232 Å². The molecular formula is C82H129NO8P+. The fourth-order valence-corrected chi connectivity index (χ4v) is 9.39. The molecule has 0 amide bonds. The largest absolute Gasteiger partial charge is 0.472 e. The van der Waals surface area contributed by atoms with Gasteiger partial charge in [-0.1, -0.05) is 284 Å². The lowest BCUT2D eigenvalue weighted by Gasteiger charge is -2.24. The van der Waals surface area contributed by atoms with Crippen molar-refractivity contribution < 1.29 is 42.1 Å². The number of phosphoric acid groups is 1. The molecule has 0 aliphatic heterocycles. The monoisotopic (exact) mass is 1290 g/mol. The van der Waals surface area contributed by atoms with Crippen molar-refractivity contribution in [2.45, 2.75) is 238 Å². The maximum Gasteiger partial charge on any atom is 0.472 e. The number of ether oxygens (including phenoxy) is 2. The Bertz CT molecular complexity index is 2360. The Labute approximate surface area is 563 Å². The van der Waals surface area contributed by atoms with E-state index in [2.05, 4.69) is 233 Å². The molecule has 0 aliphatic carbocycles. The summed E-state index contributed by atoms with van der Waals surface area (Å²) in [5.41, 5.74) is 0. The van der Waals surface area contributed by atoms with E-state index in [1.807, 2.05) is 21.1 Å². The Kier molecular flexibility index (Phi) is 65.4. The van der Waals surface area contributed by atoms with Crippen molar-refractivity contribution in [2.24, 2.45) is 0 Å². The van der Waals surface area contributed by atoms with Crippen LogP contribution in [0.5, 0.6) is 0 Å². The quantitative estimate of drug-likeness (QED) is 0.0211. The molecule has 514 valence electrons. The normalized spacial score (nSPS) is 14.5. The Morgan fingerprint density at radius 3 is 0.880 bits per heavy atom. The predicted octanol–water partition coefficient (Wildman–Crippen LogP) is 23.6. The highest BCUT2D eigenvalue weighted by Crippen LogP contribution is 2.43. The van der Waals surface area contributed by atoms with Crippen LogP contribution in [0.2, 0.25) is 0 Å². The summed E-state index contributed by atoms with van der Waals surface area (Å²) < 4.78 is 34.7. The number of nitrogens with zero attached hydrogens (tertiary/aromatic N) is 1. The van der Waals surface area contributed by atoms with Crippen molar-refractivity contribution in [3.05, 3.63) is 219 Å². The first-order valence-corrected chi connectivity index (χ1v) is 37.0. The summed E-state index contributed by atoms with van der Waals surface area (Å²) in [6.45, 7) is 4.13. The first-order valence-electron chi connectivity index (χ1n) is 35.5. The minimum atomic E-state index is -4.42. The van der Waals surface area contributed by atoms with Gasteiger partial charge in [0, 0.05) is 12.8 Å². The zero-order valence-electron chi connectivity index (χ0n) is 58.4. The standard InChI is InChI=1S/C82H128NO8P/c1-6-8-10-12-14-16-18-20-22-24-26-28-30-32-34-36-38-39-40-41-42-43-45-47-49-51-53-55-57-59-61-63-65-67-69-71-73-75-82(85)91-80(79-90-92(86,87)89-77-76-83(3,4)5)78-88-81(84)74-72-70-68-66-64-62-60-58-56-54-52-50-48-46-44-37-35-33-31-29-27-25-23-21-19-17-15-13-11-9-7-2/h8-11,14-17,20-23,26-29,32-35,38-39,41-42,44-47,50-53,57,59,63,65,80H,6-7,12-13,18-19,24-25,30-31,36-37,40,43,48-49,54-56,58,60-62,64,66-79H2,1-5H3/p+1/b10-8-,11-9-,16-14-,17-15-,22-20-,23-21-,28-26-,29-27-,34-32-,35-33-,39-38-,42-41-,46-44-,47-45-,52-50-,53-51-,59-57-,65-63-. The minimum Gasteiger partial charge on any atom is -0.462 e. The fourth-order valence-electron chi connectivity index (χ4n) is 8.65. The van der Waals surface area contributed by atoms with Gasteiger partial charge in [0.25, 0.3) is 0 Å². The first kappa shape index (κ1) is 86.3. The Morgan fingerprint density at radius 2 is 0.587 bits per heavy atom. The van der Waals surface area contributed by atoms with Crippen LogP contribution in [0.15, 0.2) is 219 Å². The summed E-state index contributed by atoms with van der Waals surface area (Å²) in [6, 6.07) is 0. The van der Waals surface area contributed by atoms with Crippen molar-refractivity contribution in [2.75, 3.05) is 47.5 Å². The molecule has 10 heteroatoms. The third-order valence-electron chi connectivity index (χ3n) is 14.0. The number of hydrogen-bond donors (Lipinski definition) is 1. The number of likely N-dealkylation sites (N-methyl/N-ethyl adjacent to an activating group) is 1. The zero-order valence-corrected chi connectivity index (χ0v) is 59.3. The van der Waals surface area contributed by atoms with Gasteiger partial charge in [-0.3, -0.25) is 18.6 Å². The van der Waals surface area contributed by atoms with Crippen LogP contribution in [0, 0.1) is 0 Å². The lowest BCUT2D eigenvalue weighted by Crippen LogP contribution is -2.37. The molecule has 0 aromatic carbocycles. The van der Waals surface area contributed by atoms with Crippen LogP contribution >= 0.6 is 7.82 Å². The fraction of sp³-hybridized carbons (Fsp3) is 0.537. The van der Waals surface area contributed by atoms with Crippen molar-refractivity contribution in [3.8, 4) is 0 Å². The van der Waals surface area contributed by atoms with Gasteiger partial charge in [-0.15, -0.1) is 0 Å². The van der Waals surface area contributed by atoms with E-state index in [4.69, 9.17) is 18.5 Å². The van der Waals surface area contributed by atoms with Crippen LogP contribution < -0.4 is 0 Å². The summed E-state index contributed by atoms with van der Waals surface area (Å²) in [5, 5.41) is 0. The summed E-state index contributed by atoms with van der Waals surface area (Å²) in [7, 11) is 1.42. The molecular weight excluding hydrogens is 1160 g/mol. The van der Waals surface area contributed by atoms with Gasteiger partial charge < -0.3 is 18.9 Å². The lowest BCUT2D eigenvalue weighted by atomic mass is 10.1. The zero-order chi connectivity index (χ0) is 66.9. The number of esters is 2. The van der Waals surface area contributed by atoms with E-state index in [9.17, 15) is 19.0 Å². The number of unbranched alkanes of at least 4 members (excludes halogenated alkanes) is 12. The second-order valence-corrected chi connectivity index (χ2v) is 25.3. The molecule has 9 nitrogen and oxygen atoms in total. The molecule has 0 radical (unpaired) electrons. The molecule has 0 rings (SSSR count). The molecule has 0 spiro atoms. The van der Waals surface area contributed by atoms with E-state index in [1.54, 1.807) is 0 Å². The van der Waals surface area contributed by atoms with E-state index in [0.29, 0.717) is 23.9 Å². The highest BCUT2D eigenvalue weighted by atomic mass is 31.2. The van der Waals surface area contributed by atoms with Gasteiger partial charge in [-0.2, -0.15) is 0 Å². The van der Waals surface area contributed by atoms with E-state index in [0.717, 1.165) is 161 Å². The van der Waals surface area contributed by atoms with Crippen LogP contribution in [0.4, 0.5) is 0 Å². The number of allylic oxidation sites excluding steroid dienone is 36. The van der Waals surface area contributed by atoms with E-state index in [1.165, 1.54) is 32.1 Å². The molecule has 0 fully saturated rings. The molecule has 2 atom stereocenters. The molecule has 2 unspecified atom stereocenters. The third-order valence-corrected chi connectivity index (χ3v) is 15.0. The second kappa shape index (κ2) is 69.7. The number of hydrogen-bond acceptors (Lipinski definition) is 7. The van der Waals surface area contributed by atoms with Crippen molar-refractivity contribution in [1.82, 2.24) is 0 Å². The van der Waals surface area contributed by atoms with Crippen LogP contribution in [-0.2, 0) is 32.7 Å². The highest BCUT2D eigenvalue weighted by molar-refractivity contribution is 7.47. The minimum absolute atomic E-state index is 0.0111. The molecule has 0 heterocycles. The lowest BCUT2D eigenvalue weighted by molar-refractivity contribution is -0.870. The first-order chi connectivity index (χ1) is 45.0. The molecule has 1 N–H and O–H groups in total. The Morgan fingerprint density at radius 1 is 0.337 bits per heavy atom. The summed E-state index contributed by atoms with van der Waals surface area (Å²) in [4.78, 5) is 35.9. The van der Waals surface area contributed by atoms with E-state index in [-0.39, 0.29) is 26.1 Å². The SMILES string of the molecule is CC/C=C\C/C=C\C/C=C\C/C=C\C/C=C\C/C=C\C/C=C\C/C=C\C/C=C\C/C=C\C/C=C\CCCCCC(=O)OC(COC(=O)CCCCCCCCCCC/C=C\C/C=C\C/C=C\C/C=C\C/C=C\C/C=C\C/C=C\CC)COP(=O)(O)OCC[N+](C)(C)C. The van der Waals surface area contributed by atoms with Crippen molar-refractivity contribution in [1.29, 1.82) is 0 Å². The van der Waals surface area contributed by atoms with Gasteiger partial charge in [0.05, 0.1) is 27.7 Å². The summed E-state index contributed by atoms with van der Waals surface area (Å²) in [6.07, 6.45) is 112. The number of carbonyl (C=O) groups is 2. The Balaban J connectivity index is 4.24. The highest BCUT2D eigenvalue weighted by Gasteiger charge is 2.27. The van der Waals surface area contributed by atoms with Crippen molar-refractivity contribution >= 4 is 19.8 Å².